The molecule has 0 saturated carbocycles. The van der Waals surface area contributed by atoms with E-state index >= 15 is 0 Å². The van der Waals surface area contributed by atoms with Gasteiger partial charge in [0.05, 0.1) is 17.8 Å². The van der Waals surface area contributed by atoms with Crippen molar-refractivity contribution in [3.63, 3.8) is 0 Å². The number of aryl methyl sites for hydroxylation is 1. The molecule has 0 radical (unpaired) electrons. The topological polar surface area (TPSA) is 29.5 Å². The number of amides is 1. The van der Waals surface area contributed by atoms with Crippen molar-refractivity contribution in [3.05, 3.63) is 89.5 Å². The summed E-state index contributed by atoms with van der Waals surface area (Å²) in [5.41, 5.74) is 3.67. The molecule has 1 heterocycles. The van der Waals surface area contributed by atoms with E-state index in [0.29, 0.717) is 23.6 Å². The summed E-state index contributed by atoms with van der Waals surface area (Å²) in [7, 11) is 0. The first-order valence-corrected chi connectivity index (χ1v) is 7.96. The Balaban J connectivity index is 1.81. The summed E-state index contributed by atoms with van der Waals surface area (Å²) in [4.78, 5) is 14.9. The van der Waals surface area contributed by atoms with E-state index in [9.17, 15) is 4.79 Å². The van der Waals surface area contributed by atoms with E-state index < -0.39 is 0 Å². The first-order chi connectivity index (χ1) is 11.7. The van der Waals surface area contributed by atoms with Crippen LogP contribution in [0.5, 0.6) is 11.5 Å². The van der Waals surface area contributed by atoms with Gasteiger partial charge in [0.1, 0.15) is 5.75 Å². The van der Waals surface area contributed by atoms with Crippen molar-refractivity contribution < 1.29 is 9.53 Å². The molecule has 3 aromatic carbocycles. The van der Waals surface area contributed by atoms with E-state index in [4.69, 9.17) is 4.74 Å². The van der Waals surface area contributed by atoms with Crippen LogP contribution in [0.3, 0.4) is 0 Å². The molecule has 0 unspecified atom stereocenters. The van der Waals surface area contributed by atoms with Gasteiger partial charge in [0.25, 0.3) is 5.91 Å². The molecule has 3 aromatic rings. The molecule has 0 saturated heterocycles. The first kappa shape index (κ1) is 14.5. The first-order valence-electron chi connectivity index (χ1n) is 7.96. The molecule has 0 aliphatic carbocycles. The van der Waals surface area contributed by atoms with Crippen LogP contribution in [0.4, 0.5) is 5.69 Å². The molecular weight excluding hydrogens is 298 g/mol. The second-order valence-electron chi connectivity index (χ2n) is 5.94. The third-order valence-electron chi connectivity index (χ3n) is 4.20. The van der Waals surface area contributed by atoms with Gasteiger partial charge in [0, 0.05) is 0 Å². The lowest BCUT2D eigenvalue weighted by Crippen LogP contribution is -2.29. The van der Waals surface area contributed by atoms with Gasteiger partial charge in [0.15, 0.2) is 5.75 Å². The Bertz CT molecular complexity index is 900. The molecule has 1 amide bonds. The fourth-order valence-electron chi connectivity index (χ4n) is 2.91. The molecule has 0 atom stereocenters. The highest BCUT2D eigenvalue weighted by Crippen LogP contribution is 2.39. The lowest BCUT2D eigenvalue weighted by molar-refractivity contribution is 0.0985. The highest BCUT2D eigenvalue weighted by Gasteiger charge is 2.27. The Morgan fingerprint density at radius 2 is 1.50 bits per heavy atom. The number of benzene rings is 3. The van der Waals surface area contributed by atoms with Crippen molar-refractivity contribution in [1.29, 1.82) is 0 Å². The number of hydrogen-bond acceptors (Lipinski definition) is 2. The maximum absolute atomic E-state index is 13.1. The van der Waals surface area contributed by atoms with Crippen LogP contribution >= 0.6 is 0 Å². The van der Waals surface area contributed by atoms with Crippen LogP contribution in [0.1, 0.15) is 21.5 Å². The van der Waals surface area contributed by atoms with Crippen LogP contribution < -0.4 is 9.64 Å². The highest BCUT2D eigenvalue weighted by molar-refractivity contribution is 6.09. The van der Waals surface area contributed by atoms with Crippen molar-refractivity contribution in [1.82, 2.24) is 0 Å². The molecule has 0 N–H and O–H groups in total. The molecule has 0 spiro atoms. The average Bonchev–Trinajstić information content (AvgIpc) is 2.73. The summed E-state index contributed by atoms with van der Waals surface area (Å²) in [5.74, 6) is 1.25. The zero-order valence-corrected chi connectivity index (χ0v) is 13.4. The number of nitrogens with zero attached hydrogens (tertiary/aromatic N) is 1. The SMILES string of the molecule is Cc1ccc(CN2C(=O)c3ccccc3Oc3ccccc32)cc1. The van der Waals surface area contributed by atoms with Crippen molar-refractivity contribution >= 4 is 11.6 Å². The van der Waals surface area contributed by atoms with Crippen molar-refractivity contribution in [2.75, 3.05) is 4.90 Å². The molecule has 3 heteroatoms. The number of anilines is 1. The van der Waals surface area contributed by atoms with E-state index in [1.807, 2.05) is 48.5 Å². The molecule has 0 fully saturated rings. The predicted molar refractivity (Wildman–Crippen MR) is 94.7 cm³/mol. The van der Waals surface area contributed by atoms with Crippen molar-refractivity contribution in [2.45, 2.75) is 13.5 Å². The zero-order valence-electron chi connectivity index (χ0n) is 13.4. The van der Waals surface area contributed by atoms with Crippen molar-refractivity contribution in [3.8, 4) is 11.5 Å². The quantitative estimate of drug-likeness (QED) is 0.670. The monoisotopic (exact) mass is 315 g/mol. The Morgan fingerprint density at radius 3 is 2.29 bits per heavy atom. The molecule has 3 nitrogen and oxygen atoms in total. The van der Waals surface area contributed by atoms with Crippen molar-refractivity contribution in [2.24, 2.45) is 0 Å². The number of carbonyl (C=O) groups excluding carboxylic acids is 1. The number of fused-ring (bicyclic) bond motifs is 2. The minimum Gasteiger partial charge on any atom is -0.454 e. The predicted octanol–water partition coefficient (Wildman–Crippen LogP) is 4.95. The average molecular weight is 315 g/mol. The van der Waals surface area contributed by atoms with Crippen LogP contribution in [-0.2, 0) is 6.54 Å². The third-order valence-corrected chi connectivity index (χ3v) is 4.20. The Kier molecular flexibility index (Phi) is 3.54. The summed E-state index contributed by atoms with van der Waals surface area (Å²) in [6.07, 6.45) is 0. The van der Waals surface area contributed by atoms with Gasteiger partial charge in [-0.15, -0.1) is 0 Å². The molecule has 0 bridgehead atoms. The summed E-state index contributed by atoms with van der Waals surface area (Å²) in [5, 5.41) is 0. The maximum Gasteiger partial charge on any atom is 0.262 e. The van der Waals surface area contributed by atoms with Gasteiger partial charge in [-0.05, 0) is 36.8 Å². The maximum atomic E-state index is 13.1. The van der Waals surface area contributed by atoms with Gasteiger partial charge in [-0.2, -0.15) is 0 Å². The summed E-state index contributed by atoms with van der Waals surface area (Å²) < 4.78 is 6.00. The minimum atomic E-state index is -0.0453. The molecule has 118 valence electrons. The molecule has 1 aliphatic heterocycles. The fourth-order valence-corrected chi connectivity index (χ4v) is 2.91. The van der Waals surface area contributed by atoms with E-state index in [2.05, 4.69) is 31.2 Å². The summed E-state index contributed by atoms with van der Waals surface area (Å²) >= 11 is 0. The van der Waals surface area contributed by atoms with Gasteiger partial charge >= 0.3 is 0 Å². The van der Waals surface area contributed by atoms with Crippen LogP contribution in [0, 0.1) is 6.92 Å². The normalized spacial score (nSPS) is 12.9. The Morgan fingerprint density at radius 1 is 0.833 bits per heavy atom. The smallest absolute Gasteiger partial charge is 0.262 e. The minimum absolute atomic E-state index is 0.0453. The third kappa shape index (κ3) is 2.54. The van der Waals surface area contributed by atoms with Gasteiger partial charge < -0.3 is 9.64 Å². The standard InChI is InChI=1S/C21H17NO2/c1-15-10-12-16(13-11-15)14-22-18-7-3-5-9-20(18)24-19-8-4-2-6-17(19)21(22)23/h2-13H,14H2,1H3. The highest BCUT2D eigenvalue weighted by atomic mass is 16.5. The van der Waals surface area contributed by atoms with E-state index in [1.54, 1.807) is 4.90 Å². The van der Waals surface area contributed by atoms with E-state index in [-0.39, 0.29) is 5.91 Å². The number of ether oxygens (including phenoxy) is 1. The molecule has 1 aliphatic rings. The lowest BCUT2D eigenvalue weighted by Gasteiger charge is -2.22. The second kappa shape index (κ2) is 5.85. The van der Waals surface area contributed by atoms with E-state index in [1.165, 1.54) is 5.56 Å². The molecule has 0 aromatic heterocycles. The van der Waals surface area contributed by atoms with Gasteiger partial charge in [-0.1, -0.05) is 54.1 Å². The second-order valence-corrected chi connectivity index (χ2v) is 5.94. The van der Waals surface area contributed by atoms with Gasteiger partial charge in [0.2, 0.25) is 0 Å². The number of carbonyl (C=O) groups is 1. The Labute approximate surface area is 141 Å². The van der Waals surface area contributed by atoms with Crippen LogP contribution in [0.25, 0.3) is 0 Å². The van der Waals surface area contributed by atoms with Gasteiger partial charge in [-0.25, -0.2) is 0 Å². The Hall–Kier alpha value is -3.07. The number of hydrogen-bond donors (Lipinski definition) is 0. The van der Waals surface area contributed by atoms with Crippen LogP contribution in [0.15, 0.2) is 72.8 Å². The summed E-state index contributed by atoms with van der Waals surface area (Å²) in [6, 6.07) is 23.3. The fraction of sp³-hybridized carbons (Fsp3) is 0.0952. The largest absolute Gasteiger partial charge is 0.454 e. The number of para-hydroxylation sites is 3. The lowest BCUT2D eigenvalue weighted by atomic mass is 10.1. The molecule has 24 heavy (non-hydrogen) atoms. The van der Waals surface area contributed by atoms with E-state index in [0.717, 1.165) is 11.3 Å². The summed E-state index contributed by atoms with van der Waals surface area (Å²) in [6.45, 7) is 2.56. The van der Waals surface area contributed by atoms with Crippen LogP contribution in [0.2, 0.25) is 0 Å². The number of rotatable bonds is 2. The van der Waals surface area contributed by atoms with Gasteiger partial charge in [-0.3, -0.25) is 4.79 Å². The van der Waals surface area contributed by atoms with Crippen LogP contribution in [-0.4, -0.2) is 5.91 Å². The molecule has 4 rings (SSSR count). The zero-order chi connectivity index (χ0) is 16.5. The molecular formula is C21H17NO2.